The number of hydrogen-bond acceptors (Lipinski definition) is 3. The molecule has 1 fully saturated rings. The van der Waals surface area contributed by atoms with Crippen molar-refractivity contribution >= 4 is 0 Å². The van der Waals surface area contributed by atoms with Gasteiger partial charge in [-0.2, -0.15) is 0 Å². The molecule has 0 heterocycles. The molecule has 1 saturated carbocycles. The van der Waals surface area contributed by atoms with E-state index in [2.05, 4.69) is 35.8 Å². The summed E-state index contributed by atoms with van der Waals surface area (Å²) in [7, 11) is 1.76. The highest BCUT2D eigenvalue weighted by Gasteiger charge is 2.40. The molecule has 0 amide bonds. The van der Waals surface area contributed by atoms with E-state index in [1.165, 1.54) is 37.7 Å². The van der Waals surface area contributed by atoms with Crippen molar-refractivity contribution in [1.29, 1.82) is 0 Å². The average Bonchev–Trinajstić information content (AvgIpc) is 2.53. The smallest absolute Gasteiger partial charge is 0.0462 e. The summed E-state index contributed by atoms with van der Waals surface area (Å²) in [6.45, 7) is 0.809. The van der Waals surface area contributed by atoms with Crippen molar-refractivity contribution in [1.82, 2.24) is 5.43 Å². The number of benzene rings is 1. The van der Waals surface area contributed by atoms with Gasteiger partial charge in [0, 0.05) is 25.2 Å². The molecule has 1 atom stereocenters. The van der Waals surface area contributed by atoms with Gasteiger partial charge in [-0.15, -0.1) is 0 Å². The van der Waals surface area contributed by atoms with Crippen LogP contribution in [0.2, 0.25) is 0 Å². The molecule has 1 aliphatic carbocycles. The lowest BCUT2D eigenvalue weighted by Gasteiger charge is -2.44. The number of methoxy groups -OCH3 is 1. The van der Waals surface area contributed by atoms with Gasteiger partial charge in [0.1, 0.15) is 0 Å². The average molecular weight is 276 g/mol. The Morgan fingerprint density at radius 3 is 2.50 bits per heavy atom. The molecule has 1 unspecified atom stereocenters. The molecule has 1 aliphatic rings. The van der Waals surface area contributed by atoms with Crippen molar-refractivity contribution in [2.45, 2.75) is 56.4 Å². The van der Waals surface area contributed by atoms with Gasteiger partial charge in [-0.05, 0) is 31.2 Å². The highest BCUT2D eigenvalue weighted by molar-refractivity contribution is 5.28. The zero-order valence-electron chi connectivity index (χ0n) is 12.6. The fourth-order valence-corrected chi connectivity index (χ4v) is 3.74. The highest BCUT2D eigenvalue weighted by Crippen LogP contribution is 2.43. The molecule has 0 aliphatic heterocycles. The van der Waals surface area contributed by atoms with E-state index in [0.717, 1.165) is 19.4 Å². The fraction of sp³-hybridized carbons (Fsp3) is 0.647. The minimum absolute atomic E-state index is 0.196. The van der Waals surface area contributed by atoms with Crippen LogP contribution in [-0.2, 0) is 10.2 Å². The predicted octanol–water partition coefficient (Wildman–Crippen LogP) is 3.15. The number of ether oxygens (including phenoxy) is 1. The maximum absolute atomic E-state index is 5.92. The zero-order valence-corrected chi connectivity index (χ0v) is 12.6. The van der Waals surface area contributed by atoms with Crippen LogP contribution in [0.5, 0.6) is 0 Å². The SMILES string of the molecule is COCCCC(NN)C1(c2ccccc2)CCCCC1. The largest absolute Gasteiger partial charge is 0.385 e. The first-order chi connectivity index (χ1) is 9.83. The molecule has 0 aromatic heterocycles. The first-order valence-corrected chi connectivity index (χ1v) is 7.84. The van der Waals surface area contributed by atoms with Crippen LogP contribution in [0.25, 0.3) is 0 Å². The number of nitrogens with two attached hydrogens (primary N) is 1. The molecule has 3 nitrogen and oxygen atoms in total. The topological polar surface area (TPSA) is 47.3 Å². The second kappa shape index (κ2) is 7.77. The van der Waals surface area contributed by atoms with Crippen LogP contribution < -0.4 is 11.3 Å². The van der Waals surface area contributed by atoms with Crippen molar-refractivity contribution in [3.8, 4) is 0 Å². The van der Waals surface area contributed by atoms with E-state index < -0.39 is 0 Å². The molecule has 1 aromatic rings. The summed E-state index contributed by atoms with van der Waals surface area (Å²) in [4.78, 5) is 0. The first-order valence-electron chi connectivity index (χ1n) is 7.84. The molecule has 3 N–H and O–H groups in total. The predicted molar refractivity (Wildman–Crippen MR) is 83.4 cm³/mol. The highest BCUT2D eigenvalue weighted by atomic mass is 16.5. The summed E-state index contributed by atoms with van der Waals surface area (Å²) < 4.78 is 5.19. The van der Waals surface area contributed by atoms with Gasteiger partial charge in [0.25, 0.3) is 0 Å². The molecular formula is C17H28N2O. The number of hydrogen-bond donors (Lipinski definition) is 2. The van der Waals surface area contributed by atoms with Gasteiger partial charge in [0.05, 0.1) is 0 Å². The lowest BCUT2D eigenvalue weighted by Crippen LogP contribution is -2.52. The van der Waals surface area contributed by atoms with Crippen molar-refractivity contribution in [2.75, 3.05) is 13.7 Å². The van der Waals surface area contributed by atoms with Crippen LogP contribution in [0.4, 0.5) is 0 Å². The second-order valence-electron chi connectivity index (χ2n) is 5.94. The van der Waals surface area contributed by atoms with Gasteiger partial charge >= 0.3 is 0 Å². The minimum atomic E-state index is 0.196. The molecule has 0 bridgehead atoms. The molecule has 0 radical (unpaired) electrons. The Hall–Kier alpha value is -0.900. The standard InChI is InChI=1S/C17H28N2O/c1-20-14-8-11-16(19-18)17(12-6-3-7-13-17)15-9-4-2-5-10-15/h2,4-5,9-10,16,19H,3,6-8,11-14,18H2,1H3. The maximum Gasteiger partial charge on any atom is 0.0462 e. The Bertz CT molecular complexity index is 374. The summed E-state index contributed by atoms with van der Waals surface area (Å²) in [5.41, 5.74) is 4.76. The molecule has 0 spiro atoms. The lowest BCUT2D eigenvalue weighted by atomic mass is 9.64. The van der Waals surface area contributed by atoms with Crippen LogP contribution in [0.15, 0.2) is 30.3 Å². The van der Waals surface area contributed by atoms with Crippen LogP contribution >= 0.6 is 0 Å². The number of hydrazine groups is 1. The maximum atomic E-state index is 5.92. The van der Waals surface area contributed by atoms with E-state index in [0.29, 0.717) is 6.04 Å². The molecule has 3 heteroatoms. The molecular weight excluding hydrogens is 248 g/mol. The van der Waals surface area contributed by atoms with Crippen LogP contribution in [0, 0.1) is 0 Å². The summed E-state index contributed by atoms with van der Waals surface area (Å²) in [5, 5.41) is 0. The van der Waals surface area contributed by atoms with E-state index in [9.17, 15) is 0 Å². The number of rotatable bonds is 7. The Morgan fingerprint density at radius 2 is 1.90 bits per heavy atom. The summed E-state index contributed by atoms with van der Waals surface area (Å²) >= 11 is 0. The molecule has 0 saturated heterocycles. The second-order valence-corrected chi connectivity index (χ2v) is 5.94. The molecule has 2 rings (SSSR count). The normalized spacial score (nSPS) is 19.7. The van der Waals surface area contributed by atoms with Crippen LogP contribution in [0.3, 0.4) is 0 Å². The Labute approximate surface area is 122 Å². The van der Waals surface area contributed by atoms with Crippen molar-refractivity contribution in [3.63, 3.8) is 0 Å². The number of nitrogens with one attached hydrogen (secondary N) is 1. The van der Waals surface area contributed by atoms with Crippen molar-refractivity contribution < 1.29 is 4.74 Å². The van der Waals surface area contributed by atoms with E-state index >= 15 is 0 Å². The lowest BCUT2D eigenvalue weighted by molar-refractivity contribution is 0.163. The fourth-order valence-electron chi connectivity index (χ4n) is 3.74. The van der Waals surface area contributed by atoms with Gasteiger partial charge in [-0.3, -0.25) is 11.3 Å². The van der Waals surface area contributed by atoms with Gasteiger partial charge in [0.2, 0.25) is 0 Å². The molecule has 20 heavy (non-hydrogen) atoms. The van der Waals surface area contributed by atoms with Gasteiger partial charge in [-0.25, -0.2) is 0 Å². The molecule has 1 aromatic carbocycles. The summed E-state index contributed by atoms with van der Waals surface area (Å²) in [5.74, 6) is 5.92. The molecule has 112 valence electrons. The third-order valence-electron chi connectivity index (χ3n) is 4.80. The van der Waals surface area contributed by atoms with E-state index in [1.807, 2.05) is 0 Å². The van der Waals surface area contributed by atoms with E-state index in [4.69, 9.17) is 10.6 Å². The zero-order chi connectivity index (χ0) is 14.3. The third-order valence-corrected chi connectivity index (χ3v) is 4.80. The summed E-state index contributed by atoms with van der Waals surface area (Å²) in [6.07, 6.45) is 8.55. The third kappa shape index (κ3) is 3.40. The van der Waals surface area contributed by atoms with Gasteiger partial charge in [0.15, 0.2) is 0 Å². The monoisotopic (exact) mass is 276 g/mol. The Balaban J connectivity index is 2.21. The van der Waals surface area contributed by atoms with E-state index in [-0.39, 0.29) is 5.41 Å². The quantitative estimate of drug-likeness (QED) is 0.457. The van der Waals surface area contributed by atoms with Crippen LogP contribution in [0.1, 0.15) is 50.5 Å². The minimum Gasteiger partial charge on any atom is -0.385 e. The van der Waals surface area contributed by atoms with Crippen molar-refractivity contribution in [2.24, 2.45) is 5.84 Å². The van der Waals surface area contributed by atoms with E-state index in [1.54, 1.807) is 7.11 Å². The first kappa shape index (κ1) is 15.5. The van der Waals surface area contributed by atoms with Gasteiger partial charge in [-0.1, -0.05) is 49.6 Å². The Morgan fingerprint density at radius 1 is 1.20 bits per heavy atom. The Kier molecular flexibility index (Phi) is 6.02. The van der Waals surface area contributed by atoms with Gasteiger partial charge < -0.3 is 4.74 Å². The van der Waals surface area contributed by atoms with Crippen molar-refractivity contribution in [3.05, 3.63) is 35.9 Å². The van der Waals surface area contributed by atoms with Crippen LogP contribution in [-0.4, -0.2) is 19.8 Å². The summed E-state index contributed by atoms with van der Waals surface area (Å²) in [6, 6.07) is 11.3.